The second-order valence-corrected chi connectivity index (χ2v) is 9.67. The Morgan fingerprint density at radius 3 is 2.55 bits per heavy atom. The molecule has 1 aliphatic heterocycles. The number of H-pyrrole nitrogens is 1. The number of aromatic nitrogens is 1. The molecule has 4 aromatic rings. The Balaban J connectivity index is 1.30. The summed E-state index contributed by atoms with van der Waals surface area (Å²) in [5.41, 5.74) is 6.48. The molecule has 5 rings (SSSR count). The quantitative estimate of drug-likeness (QED) is 0.123. The predicted octanol–water partition coefficient (Wildman–Crippen LogP) is 4.75. The number of aromatic hydroxyl groups is 1. The van der Waals surface area contributed by atoms with Crippen molar-refractivity contribution in [3.05, 3.63) is 95.1 Å². The summed E-state index contributed by atoms with van der Waals surface area (Å²) in [4.78, 5) is 39.2. The van der Waals surface area contributed by atoms with Crippen LogP contribution in [0.15, 0.2) is 77.8 Å². The number of nitriles is 1. The summed E-state index contributed by atoms with van der Waals surface area (Å²) < 4.78 is 0. The number of aliphatic imine (C=N–C) groups is 1. The minimum atomic E-state index is -0.359. The lowest BCUT2D eigenvalue weighted by Crippen LogP contribution is -2.37. The third kappa shape index (κ3) is 6.10. The van der Waals surface area contributed by atoms with Gasteiger partial charge in [0.1, 0.15) is 6.29 Å². The molecular formula is C31H29N5O4. The highest BCUT2D eigenvalue weighted by atomic mass is 16.6. The lowest BCUT2D eigenvalue weighted by atomic mass is 9.99. The number of carbonyl (C=O) groups is 2. The van der Waals surface area contributed by atoms with Gasteiger partial charge < -0.3 is 15.0 Å². The van der Waals surface area contributed by atoms with Gasteiger partial charge in [-0.1, -0.05) is 42.5 Å². The number of nitrogens with zero attached hydrogens (tertiary/aromatic N) is 3. The van der Waals surface area contributed by atoms with Crippen molar-refractivity contribution in [2.75, 3.05) is 26.2 Å². The highest BCUT2D eigenvalue weighted by molar-refractivity contribution is 6.22. The predicted molar refractivity (Wildman–Crippen MR) is 152 cm³/mol. The molecule has 1 saturated heterocycles. The number of hydrogen-bond donors (Lipinski definition) is 3. The Hall–Kier alpha value is -4.78. The van der Waals surface area contributed by atoms with E-state index in [0.29, 0.717) is 46.8 Å². The van der Waals surface area contributed by atoms with Gasteiger partial charge in [-0.25, -0.2) is 10.5 Å². The smallest absolute Gasteiger partial charge is 0.274 e. The molecule has 9 nitrogen and oxygen atoms in total. The fraction of sp³-hybridized carbons (Fsp3) is 0.226. The van der Waals surface area contributed by atoms with Gasteiger partial charge in [-0.05, 0) is 56.3 Å². The van der Waals surface area contributed by atoms with Crippen molar-refractivity contribution >= 4 is 34.5 Å². The fourth-order valence-electron chi connectivity index (χ4n) is 4.83. The zero-order chi connectivity index (χ0) is 27.9. The van der Waals surface area contributed by atoms with Gasteiger partial charge in [-0.15, -0.1) is 0 Å². The first kappa shape index (κ1) is 26.8. The number of rotatable bonds is 9. The molecule has 2 heterocycles. The topological polar surface area (TPSA) is 131 Å². The van der Waals surface area contributed by atoms with Crippen LogP contribution in [0, 0.1) is 17.2 Å². The van der Waals surface area contributed by atoms with Gasteiger partial charge in [-0.3, -0.25) is 14.4 Å². The number of carbonyl (C=O) groups excluding carboxylic acids is 2. The third-order valence-corrected chi connectivity index (χ3v) is 7.04. The molecule has 3 aromatic carbocycles. The van der Waals surface area contributed by atoms with Crippen LogP contribution in [0.3, 0.4) is 0 Å². The van der Waals surface area contributed by atoms with E-state index in [-0.39, 0.29) is 17.7 Å². The standard InChI is InChI=1S/C31H29N5O4/c32-19-21-12-14-36(15-13-21)16-17-40-35-30(38)24-7-9-25(10-8-24)33-29(23-4-2-1-3-5-23)28-26-11-6-22(20-37)18-27(26)34-31(28)39/h1-11,18,20-21,34,39H,12-17H2,(H,35,38). The first-order valence-corrected chi connectivity index (χ1v) is 13.1. The number of piperidine rings is 1. The summed E-state index contributed by atoms with van der Waals surface area (Å²) in [7, 11) is 0. The van der Waals surface area contributed by atoms with Gasteiger partial charge in [0.05, 0.1) is 29.6 Å². The summed E-state index contributed by atoms with van der Waals surface area (Å²) in [6.45, 7) is 2.76. The molecule has 0 radical (unpaired) electrons. The number of hydrogen-bond acceptors (Lipinski definition) is 7. The highest BCUT2D eigenvalue weighted by Gasteiger charge is 2.20. The van der Waals surface area contributed by atoms with Gasteiger partial charge in [-0.2, -0.15) is 5.26 Å². The Morgan fingerprint density at radius 2 is 1.85 bits per heavy atom. The van der Waals surface area contributed by atoms with E-state index < -0.39 is 0 Å². The van der Waals surface area contributed by atoms with Crippen LogP contribution in [-0.2, 0) is 4.84 Å². The zero-order valence-electron chi connectivity index (χ0n) is 21.8. The van der Waals surface area contributed by atoms with E-state index in [1.807, 2.05) is 30.3 Å². The van der Waals surface area contributed by atoms with Gasteiger partial charge in [0, 0.05) is 40.1 Å². The Kier molecular flexibility index (Phi) is 8.30. The van der Waals surface area contributed by atoms with Crippen molar-refractivity contribution in [2.24, 2.45) is 10.9 Å². The van der Waals surface area contributed by atoms with E-state index in [0.717, 1.165) is 43.2 Å². The SMILES string of the molecule is N#CC1CCN(CCONC(=O)c2ccc(N=C(c3ccccc3)c3c(O)[nH]c4cc(C=O)ccc34)cc2)CC1. The Labute approximate surface area is 231 Å². The van der Waals surface area contributed by atoms with Crippen LogP contribution in [0.2, 0.25) is 0 Å². The number of fused-ring (bicyclic) bond motifs is 1. The van der Waals surface area contributed by atoms with E-state index in [4.69, 9.17) is 15.1 Å². The van der Waals surface area contributed by atoms with E-state index >= 15 is 0 Å². The monoisotopic (exact) mass is 535 g/mol. The molecule has 9 heteroatoms. The molecule has 0 aliphatic carbocycles. The van der Waals surface area contributed by atoms with Crippen LogP contribution in [0.1, 0.15) is 44.7 Å². The molecule has 0 bridgehead atoms. The van der Waals surface area contributed by atoms with Crippen molar-refractivity contribution in [2.45, 2.75) is 12.8 Å². The Morgan fingerprint density at radius 1 is 1.10 bits per heavy atom. The van der Waals surface area contributed by atoms with Crippen LogP contribution in [0.5, 0.6) is 5.88 Å². The number of hydroxylamine groups is 1. The van der Waals surface area contributed by atoms with Gasteiger partial charge in [0.25, 0.3) is 5.91 Å². The summed E-state index contributed by atoms with van der Waals surface area (Å²) in [5, 5.41) is 20.6. The number of benzene rings is 3. The highest BCUT2D eigenvalue weighted by Crippen LogP contribution is 2.32. The number of nitrogens with one attached hydrogen (secondary N) is 2. The van der Waals surface area contributed by atoms with Gasteiger partial charge in [0.15, 0.2) is 5.88 Å². The summed E-state index contributed by atoms with van der Waals surface area (Å²) in [6, 6.07) is 23.8. The molecule has 1 aromatic heterocycles. The number of amides is 1. The minimum absolute atomic E-state index is 0.0526. The normalized spacial score (nSPS) is 14.6. The van der Waals surface area contributed by atoms with Crippen molar-refractivity contribution in [3.8, 4) is 11.9 Å². The molecule has 40 heavy (non-hydrogen) atoms. The first-order chi connectivity index (χ1) is 19.6. The second kappa shape index (κ2) is 12.4. The van der Waals surface area contributed by atoms with E-state index in [9.17, 15) is 14.7 Å². The summed E-state index contributed by atoms with van der Waals surface area (Å²) >= 11 is 0. The average Bonchev–Trinajstić information content (AvgIpc) is 3.33. The molecule has 0 atom stereocenters. The van der Waals surface area contributed by atoms with Crippen molar-refractivity contribution in [3.63, 3.8) is 0 Å². The molecule has 0 unspecified atom stereocenters. The van der Waals surface area contributed by atoms with E-state index in [2.05, 4.69) is 21.4 Å². The molecule has 1 fully saturated rings. The lowest BCUT2D eigenvalue weighted by Gasteiger charge is -2.28. The van der Waals surface area contributed by atoms with Crippen LogP contribution < -0.4 is 5.48 Å². The fourth-order valence-corrected chi connectivity index (χ4v) is 4.83. The molecule has 1 aliphatic rings. The molecule has 0 spiro atoms. The van der Waals surface area contributed by atoms with Crippen LogP contribution in [-0.4, -0.2) is 59.1 Å². The molecule has 0 saturated carbocycles. The molecular weight excluding hydrogens is 506 g/mol. The van der Waals surface area contributed by atoms with Gasteiger partial charge >= 0.3 is 0 Å². The maximum Gasteiger partial charge on any atom is 0.274 e. The number of aldehydes is 1. The molecule has 1 amide bonds. The van der Waals surface area contributed by atoms with Crippen molar-refractivity contribution in [1.82, 2.24) is 15.4 Å². The lowest BCUT2D eigenvalue weighted by molar-refractivity contribution is 0.0197. The van der Waals surface area contributed by atoms with Crippen molar-refractivity contribution < 1.29 is 19.5 Å². The molecule has 3 N–H and O–H groups in total. The van der Waals surface area contributed by atoms with Crippen LogP contribution in [0.4, 0.5) is 5.69 Å². The van der Waals surface area contributed by atoms with Crippen LogP contribution in [0.25, 0.3) is 10.9 Å². The average molecular weight is 536 g/mol. The minimum Gasteiger partial charge on any atom is -0.494 e. The Bertz CT molecular complexity index is 1560. The number of likely N-dealkylation sites (tertiary alicyclic amines) is 1. The van der Waals surface area contributed by atoms with E-state index in [1.54, 1.807) is 42.5 Å². The first-order valence-electron chi connectivity index (χ1n) is 13.1. The van der Waals surface area contributed by atoms with E-state index in [1.165, 1.54) is 0 Å². The van der Waals surface area contributed by atoms with Crippen LogP contribution >= 0.6 is 0 Å². The van der Waals surface area contributed by atoms with Gasteiger partial charge in [0.2, 0.25) is 0 Å². The zero-order valence-corrected chi connectivity index (χ0v) is 21.8. The molecule has 202 valence electrons. The number of aromatic amines is 1. The summed E-state index contributed by atoms with van der Waals surface area (Å²) in [5.74, 6) is -0.275. The summed E-state index contributed by atoms with van der Waals surface area (Å²) in [6.07, 6.45) is 2.49. The second-order valence-electron chi connectivity index (χ2n) is 9.67. The maximum absolute atomic E-state index is 12.6. The third-order valence-electron chi connectivity index (χ3n) is 7.04. The van der Waals surface area contributed by atoms with Crippen molar-refractivity contribution in [1.29, 1.82) is 5.26 Å². The largest absolute Gasteiger partial charge is 0.494 e. The maximum atomic E-state index is 12.6.